The van der Waals surface area contributed by atoms with Crippen LogP contribution in [0.4, 0.5) is 0 Å². The molecule has 0 spiro atoms. The highest BCUT2D eigenvalue weighted by Crippen LogP contribution is 2.27. The van der Waals surface area contributed by atoms with Crippen molar-refractivity contribution in [3.63, 3.8) is 0 Å². The molecule has 2 heterocycles. The quantitative estimate of drug-likeness (QED) is 0.799. The van der Waals surface area contributed by atoms with Crippen LogP contribution in [0.15, 0.2) is 42.6 Å². The van der Waals surface area contributed by atoms with E-state index in [-0.39, 0.29) is 6.04 Å². The van der Waals surface area contributed by atoms with Gasteiger partial charge in [-0.2, -0.15) is 5.10 Å². The number of aromatic nitrogens is 3. The van der Waals surface area contributed by atoms with E-state index in [4.69, 9.17) is 5.73 Å². The lowest BCUT2D eigenvalue weighted by Crippen LogP contribution is -2.17. The second-order valence-electron chi connectivity index (χ2n) is 5.12. The minimum Gasteiger partial charge on any atom is -0.319 e. The molecule has 4 heteroatoms. The Bertz CT molecular complexity index is 755. The Morgan fingerprint density at radius 1 is 1.19 bits per heavy atom. The highest BCUT2D eigenvalue weighted by molar-refractivity contribution is 5.82. The number of hydrogen-bond donors (Lipinski definition) is 1. The molecule has 21 heavy (non-hydrogen) atoms. The molecule has 3 rings (SSSR count). The zero-order chi connectivity index (χ0) is 14.8. The third-order valence-electron chi connectivity index (χ3n) is 3.86. The van der Waals surface area contributed by atoms with Crippen molar-refractivity contribution in [2.45, 2.75) is 32.9 Å². The second kappa shape index (κ2) is 5.66. The molecule has 0 fully saturated rings. The molecule has 108 valence electrons. The third kappa shape index (κ3) is 2.43. The number of nitrogens with two attached hydrogens (primary N) is 1. The first kappa shape index (κ1) is 13.8. The summed E-state index contributed by atoms with van der Waals surface area (Å²) in [5, 5.41) is 5.70. The van der Waals surface area contributed by atoms with Gasteiger partial charge in [0.15, 0.2) is 0 Å². The summed E-state index contributed by atoms with van der Waals surface area (Å²) < 4.78 is 2.00. The Morgan fingerprint density at radius 2 is 2.05 bits per heavy atom. The molecule has 0 saturated heterocycles. The Labute approximate surface area is 124 Å². The van der Waals surface area contributed by atoms with Crippen molar-refractivity contribution in [1.29, 1.82) is 0 Å². The number of aryl methyl sites for hydroxylation is 2. The van der Waals surface area contributed by atoms with Gasteiger partial charge in [0, 0.05) is 18.1 Å². The number of hydrogen-bond acceptors (Lipinski definition) is 3. The van der Waals surface area contributed by atoms with Crippen molar-refractivity contribution in [3.05, 3.63) is 59.5 Å². The maximum atomic E-state index is 6.54. The van der Waals surface area contributed by atoms with Crippen molar-refractivity contribution in [1.82, 2.24) is 14.8 Å². The molecule has 0 bridgehead atoms. The minimum absolute atomic E-state index is 0.189. The van der Waals surface area contributed by atoms with E-state index in [9.17, 15) is 0 Å². The summed E-state index contributed by atoms with van der Waals surface area (Å²) in [5.74, 6) is 0. The van der Waals surface area contributed by atoms with Crippen LogP contribution in [0.2, 0.25) is 0 Å². The van der Waals surface area contributed by atoms with Crippen LogP contribution in [0.25, 0.3) is 10.9 Å². The van der Waals surface area contributed by atoms with Crippen LogP contribution >= 0.6 is 0 Å². The molecule has 2 aromatic heterocycles. The van der Waals surface area contributed by atoms with Gasteiger partial charge in [-0.15, -0.1) is 0 Å². The van der Waals surface area contributed by atoms with Crippen LogP contribution < -0.4 is 5.73 Å². The van der Waals surface area contributed by atoms with Crippen LogP contribution in [0.5, 0.6) is 0 Å². The molecule has 0 radical (unpaired) electrons. The normalized spacial score (nSPS) is 12.7. The summed E-state index contributed by atoms with van der Waals surface area (Å²) >= 11 is 0. The SMILES string of the molecule is CCc1cc(C(N)c2cccc3ncccc23)n(CC)n1. The predicted molar refractivity (Wildman–Crippen MR) is 85.1 cm³/mol. The number of fused-ring (bicyclic) bond motifs is 1. The molecule has 0 aliphatic rings. The summed E-state index contributed by atoms with van der Waals surface area (Å²) in [6.45, 7) is 5.03. The van der Waals surface area contributed by atoms with Gasteiger partial charge in [-0.3, -0.25) is 9.67 Å². The molecule has 4 nitrogen and oxygen atoms in total. The highest BCUT2D eigenvalue weighted by atomic mass is 15.3. The van der Waals surface area contributed by atoms with Gasteiger partial charge in [-0.25, -0.2) is 0 Å². The Kier molecular flexibility index (Phi) is 3.71. The summed E-state index contributed by atoms with van der Waals surface area (Å²) in [6.07, 6.45) is 2.73. The van der Waals surface area contributed by atoms with Gasteiger partial charge in [-0.1, -0.05) is 25.1 Å². The van der Waals surface area contributed by atoms with Gasteiger partial charge in [0.1, 0.15) is 0 Å². The molecule has 1 atom stereocenters. The van der Waals surface area contributed by atoms with Gasteiger partial charge in [0.05, 0.1) is 22.9 Å². The molecule has 0 aliphatic heterocycles. The average Bonchev–Trinajstić information content (AvgIpc) is 2.97. The van der Waals surface area contributed by atoms with Crippen molar-refractivity contribution in [2.75, 3.05) is 0 Å². The molecule has 2 N–H and O–H groups in total. The fraction of sp³-hybridized carbons (Fsp3) is 0.294. The van der Waals surface area contributed by atoms with E-state index in [1.54, 1.807) is 0 Å². The Balaban J connectivity index is 2.12. The fourth-order valence-corrected chi connectivity index (χ4v) is 2.72. The highest BCUT2D eigenvalue weighted by Gasteiger charge is 2.17. The van der Waals surface area contributed by atoms with Crippen LogP contribution in [-0.4, -0.2) is 14.8 Å². The lowest BCUT2D eigenvalue weighted by Gasteiger charge is -2.15. The monoisotopic (exact) mass is 280 g/mol. The molecule has 0 amide bonds. The van der Waals surface area contributed by atoms with Gasteiger partial charge in [0.2, 0.25) is 0 Å². The third-order valence-corrected chi connectivity index (χ3v) is 3.86. The molecule has 3 aromatic rings. The van der Waals surface area contributed by atoms with Crippen molar-refractivity contribution in [3.8, 4) is 0 Å². The maximum Gasteiger partial charge on any atom is 0.0729 e. The largest absolute Gasteiger partial charge is 0.319 e. The van der Waals surface area contributed by atoms with E-state index in [1.807, 2.05) is 29.1 Å². The van der Waals surface area contributed by atoms with Gasteiger partial charge >= 0.3 is 0 Å². The Morgan fingerprint density at radius 3 is 2.81 bits per heavy atom. The van der Waals surface area contributed by atoms with Crippen LogP contribution in [0.3, 0.4) is 0 Å². The first-order valence-electron chi connectivity index (χ1n) is 7.40. The summed E-state index contributed by atoms with van der Waals surface area (Å²) in [5.41, 5.74) is 10.8. The van der Waals surface area contributed by atoms with E-state index in [1.165, 1.54) is 0 Å². The molecular weight excluding hydrogens is 260 g/mol. The molecule has 1 aromatic carbocycles. The Hall–Kier alpha value is -2.20. The first-order valence-corrected chi connectivity index (χ1v) is 7.40. The van der Waals surface area contributed by atoms with Gasteiger partial charge in [0.25, 0.3) is 0 Å². The number of nitrogens with zero attached hydrogens (tertiary/aromatic N) is 3. The smallest absolute Gasteiger partial charge is 0.0729 e. The summed E-state index contributed by atoms with van der Waals surface area (Å²) in [6, 6.07) is 12.1. The zero-order valence-electron chi connectivity index (χ0n) is 12.5. The van der Waals surface area contributed by atoms with E-state index >= 15 is 0 Å². The number of pyridine rings is 1. The van der Waals surface area contributed by atoms with E-state index in [0.29, 0.717) is 0 Å². The van der Waals surface area contributed by atoms with Crippen LogP contribution in [0, 0.1) is 0 Å². The lowest BCUT2D eigenvalue weighted by atomic mass is 9.99. The summed E-state index contributed by atoms with van der Waals surface area (Å²) in [7, 11) is 0. The molecule has 1 unspecified atom stereocenters. The van der Waals surface area contributed by atoms with Crippen molar-refractivity contribution < 1.29 is 0 Å². The lowest BCUT2D eigenvalue weighted by molar-refractivity contribution is 0.596. The van der Waals surface area contributed by atoms with Crippen LogP contribution in [0.1, 0.15) is 36.8 Å². The first-order chi connectivity index (χ1) is 10.2. The maximum absolute atomic E-state index is 6.54. The van der Waals surface area contributed by atoms with E-state index < -0.39 is 0 Å². The van der Waals surface area contributed by atoms with E-state index in [0.717, 1.165) is 40.8 Å². The molecular formula is C17H20N4. The average molecular weight is 280 g/mol. The molecule has 0 aliphatic carbocycles. The standard InChI is InChI=1S/C17H20N4/c1-3-12-11-16(21(4-2)20-12)17(18)14-7-5-9-15-13(14)8-6-10-19-15/h5-11,17H,3-4,18H2,1-2H3. The predicted octanol–water partition coefficient (Wildman–Crippen LogP) is 3.06. The van der Waals surface area contributed by atoms with Crippen LogP contribution in [-0.2, 0) is 13.0 Å². The second-order valence-corrected chi connectivity index (χ2v) is 5.12. The van der Waals surface area contributed by atoms with Crippen molar-refractivity contribution in [2.24, 2.45) is 5.73 Å². The number of benzene rings is 1. The summed E-state index contributed by atoms with van der Waals surface area (Å²) in [4.78, 5) is 4.40. The van der Waals surface area contributed by atoms with Crippen molar-refractivity contribution >= 4 is 10.9 Å². The van der Waals surface area contributed by atoms with E-state index in [2.05, 4.69) is 42.1 Å². The van der Waals surface area contributed by atoms with Gasteiger partial charge < -0.3 is 5.73 Å². The zero-order valence-corrected chi connectivity index (χ0v) is 12.5. The minimum atomic E-state index is -0.189. The molecule has 0 saturated carbocycles. The van der Waals surface area contributed by atoms with Gasteiger partial charge in [-0.05, 0) is 37.1 Å². The fourth-order valence-electron chi connectivity index (χ4n) is 2.72. The number of rotatable bonds is 4. The topological polar surface area (TPSA) is 56.7 Å².